The van der Waals surface area contributed by atoms with E-state index in [1.165, 1.54) is 23.0 Å². The number of carbonyl (C=O) groups excluding carboxylic acids is 4. The van der Waals surface area contributed by atoms with Crippen molar-refractivity contribution in [2.75, 3.05) is 6.54 Å². The van der Waals surface area contributed by atoms with E-state index < -0.39 is 35.7 Å². The molecule has 0 aliphatic rings. The minimum atomic E-state index is -0.886. The molecule has 224 valence electrons. The van der Waals surface area contributed by atoms with E-state index in [0.29, 0.717) is 11.0 Å². The second-order valence-electron chi connectivity index (χ2n) is 10.1. The lowest BCUT2D eigenvalue weighted by atomic mass is 10.0. The molecule has 1 heterocycles. The number of rotatable bonds is 13. The molecule has 3 aromatic carbocycles. The number of nitrogens with zero attached hydrogens (tertiary/aromatic N) is 3. The van der Waals surface area contributed by atoms with E-state index in [1.807, 2.05) is 42.5 Å². The van der Waals surface area contributed by atoms with Crippen molar-refractivity contribution < 1.29 is 24.0 Å². The van der Waals surface area contributed by atoms with Crippen molar-refractivity contribution in [1.29, 1.82) is 0 Å². The Balaban J connectivity index is 1.30. The van der Waals surface area contributed by atoms with Gasteiger partial charge in [0.25, 0.3) is 5.91 Å². The Morgan fingerprint density at radius 1 is 0.977 bits per heavy atom. The van der Waals surface area contributed by atoms with Gasteiger partial charge in [-0.15, -0.1) is 5.10 Å². The fraction of sp³-hybridized carbons (Fsp3) is 0.267. The number of amides is 4. The number of primary amides is 1. The Bertz CT molecular complexity index is 1610. The quantitative estimate of drug-likeness (QED) is 0.181. The zero-order valence-corrected chi connectivity index (χ0v) is 24.4. The first-order valence-electron chi connectivity index (χ1n) is 13.6. The molecule has 1 unspecified atom stereocenters. The lowest BCUT2D eigenvalue weighted by molar-refractivity contribution is -0.127. The van der Waals surface area contributed by atoms with Crippen LogP contribution < -0.4 is 26.5 Å². The van der Waals surface area contributed by atoms with Gasteiger partial charge in [-0.1, -0.05) is 72.8 Å². The van der Waals surface area contributed by atoms with Gasteiger partial charge < -0.3 is 26.5 Å². The maximum atomic E-state index is 13.0. The molecule has 5 N–H and O–H groups in total. The lowest BCUT2D eigenvalue weighted by Crippen LogP contribution is -2.50. The predicted octanol–water partition coefficient (Wildman–Crippen LogP) is 2.40. The number of benzene rings is 3. The number of halogens is 1. The van der Waals surface area contributed by atoms with Crippen LogP contribution in [-0.2, 0) is 20.8 Å². The summed E-state index contributed by atoms with van der Waals surface area (Å²) in [5.41, 5.74) is 7.81. The molecule has 1 aromatic heterocycles. The van der Waals surface area contributed by atoms with Crippen LogP contribution in [0.5, 0.6) is 5.75 Å². The average molecular weight is 606 g/mol. The lowest BCUT2D eigenvalue weighted by Gasteiger charge is -2.22. The first kappa shape index (κ1) is 31.0. The van der Waals surface area contributed by atoms with Crippen molar-refractivity contribution in [1.82, 2.24) is 31.1 Å². The Kier molecular flexibility index (Phi) is 10.3. The molecule has 4 aromatic rings. The summed E-state index contributed by atoms with van der Waals surface area (Å²) < 4.78 is 0. The number of nitrogens with two attached hydrogens (primary N) is 1. The molecule has 0 bridgehead atoms. The summed E-state index contributed by atoms with van der Waals surface area (Å²) >= 11 is 6.39. The number of fused-ring (bicyclic) bond motifs is 1. The van der Waals surface area contributed by atoms with Crippen LogP contribution in [-0.4, -0.2) is 57.4 Å². The van der Waals surface area contributed by atoms with Gasteiger partial charge in [-0.25, -0.2) is 0 Å². The summed E-state index contributed by atoms with van der Waals surface area (Å²) in [6.07, 6.45) is 0.172. The summed E-state index contributed by atoms with van der Waals surface area (Å²) in [6.45, 7) is 3.56. The molecule has 0 spiro atoms. The molecule has 43 heavy (non-hydrogen) atoms. The highest BCUT2D eigenvalue weighted by molar-refractivity contribution is 6.32. The molecule has 2 atom stereocenters. The van der Waals surface area contributed by atoms with Gasteiger partial charge in [-0.3, -0.25) is 19.2 Å². The Morgan fingerprint density at radius 2 is 1.70 bits per heavy atom. The van der Waals surface area contributed by atoms with Crippen LogP contribution >= 0.6 is 11.6 Å². The van der Waals surface area contributed by atoms with Crippen LogP contribution in [0.1, 0.15) is 36.2 Å². The second-order valence-corrected chi connectivity index (χ2v) is 10.5. The average Bonchev–Trinajstić information content (AvgIpc) is 3.39. The predicted molar refractivity (Wildman–Crippen MR) is 160 cm³/mol. The van der Waals surface area contributed by atoms with E-state index in [1.54, 1.807) is 26.0 Å². The van der Waals surface area contributed by atoms with E-state index >= 15 is 0 Å². The summed E-state index contributed by atoms with van der Waals surface area (Å²) in [4.78, 5) is 57.2. The molecule has 0 saturated carbocycles. The van der Waals surface area contributed by atoms with E-state index in [2.05, 4.69) is 26.3 Å². The topological polar surface area (TPSA) is 170 Å². The van der Waals surface area contributed by atoms with Crippen LogP contribution in [0.25, 0.3) is 11.0 Å². The zero-order valence-electron chi connectivity index (χ0n) is 23.6. The maximum Gasteiger partial charge on any atom is 0.251 e. The van der Waals surface area contributed by atoms with Crippen LogP contribution in [0.15, 0.2) is 72.8 Å². The van der Waals surface area contributed by atoms with E-state index in [4.69, 9.17) is 22.2 Å². The molecule has 4 rings (SSSR count). The summed E-state index contributed by atoms with van der Waals surface area (Å²) in [7, 11) is 0. The zero-order chi connectivity index (χ0) is 30.9. The molecule has 4 amide bonds. The summed E-state index contributed by atoms with van der Waals surface area (Å²) in [6, 6.07) is 19.1. The minimum absolute atomic E-state index is 0.00456. The number of carbonyl (C=O) groups is 4. The highest BCUT2D eigenvalue weighted by Gasteiger charge is 2.25. The molecule has 0 aliphatic heterocycles. The molecular weight excluding hydrogens is 574 g/mol. The normalized spacial score (nSPS) is 12.4. The van der Waals surface area contributed by atoms with Crippen molar-refractivity contribution in [2.45, 2.75) is 38.8 Å². The fourth-order valence-corrected chi connectivity index (χ4v) is 4.45. The van der Waals surface area contributed by atoms with Crippen LogP contribution in [0, 0.1) is 5.92 Å². The van der Waals surface area contributed by atoms with Gasteiger partial charge in [-0.2, -0.15) is 0 Å². The largest absolute Gasteiger partial charge is 0.368 e. The molecule has 0 saturated heterocycles. The van der Waals surface area contributed by atoms with Crippen molar-refractivity contribution in [3.8, 4) is 5.75 Å². The molecule has 13 heteroatoms. The van der Waals surface area contributed by atoms with Gasteiger partial charge in [0.15, 0.2) is 5.75 Å². The minimum Gasteiger partial charge on any atom is -0.368 e. The van der Waals surface area contributed by atoms with E-state index in [-0.39, 0.29) is 41.6 Å². The third kappa shape index (κ3) is 8.29. The highest BCUT2D eigenvalue weighted by atomic mass is 35.5. The number of hydrogen-bond acceptors (Lipinski definition) is 7. The SMILES string of the molecule is CC(C)C(NC(=O)c1ccc(On2nnc3ccccc32)c(Cl)c1)C(=O)NCCC(=O)N[C@@H](Cc1ccccc1)C(N)=O. The van der Waals surface area contributed by atoms with Crippen molar-refractivity contribution in [2.24, 2.45) is 11.7 Å². The van der Waals surface area contributed by atoms with Crippen molar-refractivity contribution in [3.63, 3.8) is 0 Å². The second kappa shape index (κ2) is 14.3. The Morgan fingerprint density at radius 3 is 2.40 bits per heavy atom. The molecule has 12 nitrogen and oxygen atoms in total. The van der Waals surface area contributed by atoms with Gasteiger partial charge in [0.2, 0.25) is 17.7 Å². The van der Waals surface area contributed by atoms with E-state index in [0.717, 1.165) is 5.56 Å². The highest BCUT2D eigenvalue weighted by Crippen LogP contribution is 2.26. The Hall–Kier alpha value is -4.97. The van der Waals surface area contributed by atoms with Crippen molar-refractivity contribution >= 4 is 46.3 Å². The first-order chi connectivity index (χ1) is 20.6. The number of para-hydroxylation sites is 1. The van der Waals surface area contributed by atoms with Crippen LogP contribution in [0.4, 0.5) is 0 Å². The van der Waals surface area contributed by atoms with Gasteiger partial charge in [0.1, 0.15) is 23.1 Å². The third-order valence-corrected chi connectivity index (χ3v) is 6.84. The van der Waals surface area contributed by atoms with Gasteiger partial charge in [-0.05, 0) is 47.0 Å². The first-order valence-corrected chi connectivity index (χ1v) is 14.0. The standard InChI is InChI=1S/C30H32ClN7O5/c1-18(2)27(30(42)33-15-14-26(39)34-23(28(32)40)16-19-8-4-3-5-9-19)35-29(41)20-12-13-25(21(31)17-20)43-38-24-11-7-6-10-22(24)36-37-38/h3-13,17-18,23,27H,14-16H2,1-2H3,(H2,32,40)(H,33,42)(H,34,39)(H,35,41)/t23-,27?/m0/s1. The van der Waals surface area contributed by atoms with Gasteiger partial charge in [0, 0.05) is 24.9 Å². The smallest absolute Gasteiger partial charge is 0.251 e. The third-order valence-electron chi connectivity index (χ3n) is 6.55. The van der Waals surface area contributed by atoms with Crippen LogP contribution in [0.2, 0.25) is 5.02 Å². The maximum absolute atomic E-state index is 13.0. The molecule has 0 fully saturated rings. The van der Waals surface area contributed by atoms with Crippen LogP contribution in [0.3, 0.4) is 0 Å². The molecule has 0 aliphatic carbocycles. The Labute approximate surface area is 252 Å². The fourth-order valence-electron chi connectivity index (χ4n) is 4.23. The number of aromatic nitrogens is 3. The number of nitrogens with one attached hydrogen (secondary N) is 3. The van der Waals surface area contributed by atoms with Gasteiger partial charge in [0.05, 0.1) is 5.02 Å². The monoisotopic (exact) mass is 605 g/mol. The molecular formula is C30H32ClN7O5. The molecule has 0 radical (unpaired) electrons. The summed E-state index contributed by atoms with van der Waals surface area (Å²) in [5.74, 6) is -2.09. The number of hydrogen-bond donors (Lipinski definition) is 4. The van der Waals surface area contributed by atoms with Crippen molar-refractivity contribution in [3.05, 3.63) is 88.9 Å². The summed E-state index contributed by atoms with van der Waals surface area (Å²) in [5, 5.41) is 16.1. The van der Waals surface area contributed by atoms with Gasteiger partial charge >= 0.3 is 0 Å². The van der Waals surface area contributed by atoms with E-state index in [9.17, 15) is 19.2 Å².